The van der Waals surface area contributed by atoms with Gasteiger partial charge in [-0.15, -0.1) is 0 Å². The van der Waals surface area contributed by atoms with Crippen LogP contribution in [0.15, 0.2) is 42.6 Å². The number of hydrogen-bond donors (Lipinski definition) is 1. The Hall–Kier alpha value is -2.40. The lowest BCUT2D eigenvalue weighted by molar-refractivity contribution is -0.123. The molecule has 0 aliphatic heterocycles. The second kappa shape index (κ2) is 7.45. The molecule has 1 aromatic heterocycles. The van der Waals surface area contributed by atoms with Crippen molar-refractivity contribution in [1.82, 2.24) is 4.98 Å². The quantitative estimate of drug-likeness (QED) is 0.656. The zero-order valence-corrected chi connectivity index (χ0v) is 14.6. The van der Waals surface area contributed by atoms with Crippen molar-refractivity contribution in [3.63, 3.8) is 0 Å². The van der Waals surface area contributed by atoms with Gasteiger partial charge in [-0.1, -0.05) is 32.4 Å². The Morgan fingerprint density at radius 2 is 1.83 bits per heavy atom. The van der Waals surface area contributed by atoms with Gasteiger partial charge in [-0.05, 0) is 36.4 Å². The molecule has 6 heteroatoms. The topological polar surface area (TPSA) is 68.3 Å². The number of ether oxygens (including phenoxy) is 1. The summed E-state index contributed by atoms with van der Waals surface area (Å²) in [6.07, 6.45) is 1.54. The van der Waals surface area contributed by atoms with Crippen molar-refractivity contribution in [3.05, 3.63) is 53.3 Å². The molecule has 1 heterocycles. The van der Waals surface area contributed by atoms with Crippen LogP contribution >= 0.6 is 11.6 Å². The van der Waals surface area contributed by atoms with Crippen molar-refractivity contribution in [2.75, 3.05) is 11.9 Å². The van der Waals surface area contributed by atoms with Crippen LogP contribution in [0.4, 0.5) is 5.69 Å². The first-order valence-electron chi connectivity index (χ1n) is 7.45. The van der Waals surface area contributed by atoms with E-state index in [-0.39, 0.29) is 23.5 Å². The molecular formula is C18H19ClN2O3. The van der Waals surface area contributed by atoms with Crippen molar-refractivity contribution >= 4 is 29.0 Å². The first-order valence-corrected chi connectivity index (χ1v) is 7.83. The highest BCUT2D eigenvalue weighted by molar-refractivity contribution is 6.30. The Labute approximate surface area is 146 Å². The summed E-state index contributed by atoms with van der Waals surface area (Å²) < 4.78 is 5.38. The summed E-state index contributed by atoms with van der Waals surface area (Å²) in [6.45, 7) is 5.36. The summed E-state index contributed by atoms with van der Waals surface area (Å²) in [4.78, 5) is 28.0. The smallest absolute Gasteiger partial charge is 0.229 e. The molecule has 0 unspecified atom stereocenters. The number of aromatic nitrogens is 1. The van der Waals surface area contributed by atoms with E-state index in [1.807, 2.05) is 20.8 Å². The summed E-state index contributed by atoms with van der Waals surface area (Å²) >= 11 is 5.87. The van der Waals surface area contributed by atoms with Gasteiger partial charge < -0.3 is 10.1 Å². The van der Waals surface area contributed by atoms with E-state index < -0.39 is 5.41 Å². The van der Waals surface area contributed by atoms with E-state index in [0.29, 0.717) is 17.0 Å². The maximum absolute atomic E-state index is 12.1. The van der Waals surface area contributed by atoms with Gasteiger partial charge in [0.05, 0.1) is 0 Å². The molecule has 2 rings (SSSR count). The lowest BCUT2D eigenvalue weighted by Gasteiger charge is -2.17. The number of pyridine rings is 1. The molecule has 2 aromatic rings. The Kier molecular flexibility index (Phi) is 5.57. The molecule has 0 saturated carbocycles. The minimum absolute atomic E-state index is 0.0869. The maximum atomic E-state index is 12.1. The van der Waals surface area contributed by atoms with Gasteiger partial charge in [-0.3, -0.25) is 9.59 Å². The van der Waals surface area contributed by atoms with Gasteiger partial charge in [0, 0.05) is 22.9 Å². The highest BCUT2D eigenvalue weighted by atomic mass is 35.5. The van der Waals surface area contributed by atoms with E-state index in [0.717, 1.165) is 0 Å². The molecule has 0 radical (unpaired) electrons. The Balaban J connectivity index is 1.96. The second-order valence-corrected chi connectivity index (χ2v) is 6.64. The zero-order valence-electron chi connectivity index (χ0n) is 13.8. The third kappa shape index (κ3) is 4.80. The number of carbonyl (C=O) groups is 2. The number of hydrogen-bond acceptors (Lipinski definition) is 4. The van der Waals surface area contributed by atoms with Crippen LogP contribution in [0.2, 0.25) is 5.15 Å². The first-order chi connectivity index (χ1) is 11.3. The van der Waals surface area contributed by atoms with Gasteiger partial charge in [0.1, 0.15) is 0 Å². The largest absolute Gasteiger partial charge is 0.482 e. The minimum Gasteiger partial charge on any atom is -0.482 e. The van der Waals surface area contributed by atoms with E-state index in [2.05, 4.69) is 10.3 Å². The molecule has 0 bridgehead atoms. The SMILES string of the molecule is CC(C)(C)C(=O)Nc1ccc(C(=O)COc2cccnc2Cl)cc1. The van der Waals surface area contributed by atoms with Crippen LogP contribution in [-0.4, -0.2) is 23.3 Å². The number of rotatable bonds is 5. The molecule has 0 atom stereocenters. The molecule has 126 valence electrons. The van der Waals surface area contributed by atoms with Crippen LogP contribution in [0, 0.1) is 5.41 Å². The van der Waals surface area contributed by atoms with Crippen LogP contribution in [0.1, 0.15) is 31.1 Å². The van der Waals surface area contributed by atoms with Crippen LogP contribution in [0.25, 0.3) is 0 Å². The molecule has 1 aromatic carbocycles. The molecule has 24 heavy (non-hydrogen) atoms. The fourth-order valence-electron chi connectivity index (χ4n) is 1.76. The summed E-state index contributed by atoms with van der Waals surface area (Å²) in [5.41, 5.74) is 0.650. The number of carbonyl (C=O) groups excluding carboxylic acids is 2. The lowest BCUT2D eigenvalue weighted by Crippen LogP contribution is -2.27. The second-order valence-electron chi connectivity index (χ2n) is 6.29. The number of ketones is 1. The zero-order chi connectivity index (χ0) is 17.7. The highest BCUT2D eigenvalue weighted by Crippen LogP contribution is 2.21. The summed E-state index contributed by atoms with van der Waals surface area (Å²) in [6, 6.07) is 10.00. The van der Waals surface area contributed by atoms with Crippen molar-refractivity contribution < 1.29 is 14.3 Å². The van der Waals surface area contributed by atoms with Crippen LogP contribution in [0.3, 0.4) is 0 Å². The van der Waals surface area contributed by atoms with Gasteiger partial charge in [-0.25, -0.2) is 4.98 Å². The average molecular weight is 347 g/mol. The van der Waals surface area contributed by atoms with Crippen molar-refractivity contribution in [2.45, 2.75) is 20.8 Å². The third-order valence-electron chi connectivity index (χ3n) is 3.23. The molecule has 0 spiro atoms. The summed E-state index contributed by atoms with van der Waals surface area (Å²) in [5.74, 6) is 0.0846. The van der Waals surface area contributed by atoms with E-state index in [9.17, 15) is 9.59 Å². The third-order valence-corrected chi connectivity index (χ3v) is 3.51. The van der Waals surface area contributed by atoms with E-state index in [1.165, 1.54) is 0 Å². The number of anilines is 1. The Bertz CT molecular complexity index is 737. The summed E-state index contributed by atoms with van der Waals surface area (Å²) in [7, 11) is 0. The summed E-state index contributed by atoms with van der Waals surface area (Å²) in [5, 5.41) is 3.02. The van der Waals surface area contributed by atoms with Crippen molar-refractivity contribution in [1.29, 1.82) is 0 Å². The minimum atomic E-state index is -0.481. The standard InChI is InChI=1S/C18H19ClN2O3/c1-18(2,3)17(23)21-13-8-6-12(7-9-13)14(22)11-24-15-5-4-10-20-16(15)19/h4-10H,11H2,1-3H3,(H,21,23). The molecule has 1 N–H and O–H groups in total. The normalized spacial score (nSPS) is 11.0. The number of Topliss-reactive ketones (excluding diaryl/α,β-unsaturated/α-hetero) is 1. The van der Waals surface area contributed by atoms with E-state index in [1.54, 1.807) is 42.6 Å². The van der Waals surface area contributed by atoms with Gasteiger partial charge in [0.25, 0.3) is 0 Å². The van der Waals surface area contributed by atoms with Gasteiger partial charge in [-0.2, -0.15) is 0 Å². The number of nitrogens with zero attached hydrogens (tertiary/aromatic N) is 1. The number of amides is 1. The molecule has 0 aliphatic rings. The van der Waals surface area contributed by atoms with Gasteiger partial charge >= 0.3 is 0 Å². The van der Waals surface area contributed by atoms with Crippen molar-refractivity contribution in [2.24, 2.45) is 5.41 Å². The fraction of sp³-hybridized carbons (Fsp3) is 0.278. The van der Waals surface area contributed by atoms with Crippen LogP contribution < -0.4 is 10.1 Å². The fourth-order valence-corrected chi connectivity index (χ4v) is 1.94. The number of benzene rings is 1. The predicted octanol–water partition coefficient (Wildman–Crippen LogP) is 3.98. The van der Waals surface area contributed by atoms with Crippen molar-refractivity contribution in [3.8, 4) is 5.75 Å². The van der Waals surface area contributed by atoms with Gasteiger partial charge in [0.2, 0.25) is 5.91 Å². The molecule has 0 aliphatic carbocycles. The molecule has 0 saturated heterocycles. The number of nitrogens with one attached hydrogen (secondary N) is 1. The van der Waals surface area contributed by atoms with Crippen LogP contribution in [-0.2, 0) is 4.79 Å². The van der Waals surface area contributed by atoms with Gasteiger partial charge in [0.15, 0.2) is 23.3 Å². The molecule has 0 fully saturated rings. The van der Waals surface area contributed by atoms with Crippen LogP contribution in [0.5, 0.6) is 5.75 Å². The average Bonchev–Trinajstić information content (AvgIpc) is 2.53. The lowest BCUT2D eigenvalue weighted by atomic mass is 9.95. The number of halogens is 1. The van der Waals surface area contributed by atoms with E-state index in [4.69, 9.17) is 16.3 Å². The maximum Gasteiger partial charge on any atom is 0.229 e. The first kappa shape index (κ1) is 17.9. The Morgan fingerprint density at radius 3 is 2.42 bits per heavy atom. The van der Waals surface area contributed by atoms with E-state index >= 15 is 0 Å². The monoisotopic (exact) mass is 346 g/mol. The predicted molar refractivity (Wildman–Crippen MR) is 93.6 cm³/mol. The Morgan fingerprint density at radius 1 is 1.17 bits per heavy atom. The molecular weight excluding hydrogens is 328 g/mol. The highest BCUT2D eigenvalue weighted by Gasteiger charge is 2.21. The molecule has 5 nitrogen and oxygen atoms in total. The molecule has 1 amide bonds.